The number of ether oxygens (including phenoxy) is 1. The van der Waals surface area contributed by atoms with E-state index in [2.05, 4.69) is 5.32 Å². The van der Waals surface area contributed by atoms with Crippen molar-refractivity contribution in [2.75, 3.05) is 13.1 Å². The molecule has 1 aliphatic heterocycles. The highest BCUT2D eigenvalue weighted by molar-refractivity contribution is 6.30. The van der Waals surface area contributed by atoms with Gasteiger partial charge in [-0.3, -0.25) is 0 Å². The molecule has 0 unspecified atom stereocenters. The van der Waals surface area contributed by atoms with Crippen molar-refractivity contribution >= 4 is 29.2 Å². The Morgan fingerprint density at radius 3 is 1.97 bits per heavy atom. The van der Waals surface area contributed by atoms with Crippen molar-refractivity contribution in [3.63, 3.8) is 0 Å². The lowest BCUT2D eigenvalue weighted by Gasteiger charge is -2.40. The van der Waals surface area contributed by atoms with Gasteiger partial charge in [0.1, 0.15) is 11.9 Å². The van der Waals surface area contributed by atoms with Crippen LogP contribution in [0.1, 0.15) is 22.8 Å². The summed E-state index contributed by atoms with van der Waals surface area (Å²) in [6.45, 7) is 1.33. The van der Waals surface area contributed by atoms with Crippen molar-refractivity contribution in [1.29, 1.82) is 0 Å². The minimum Gasteiger partial charge on any atom is -0.362 e. The van der Waals surface area contributed by atoms with Crippen LogP contribution in [0.4, 0.5) is 9.18 Å². The van der Waals surface area contributed by atoms with Gasteiger partial charge >= 0.3 is 6.03 Å². The van der Waals surface area contributed by atoms with Gasteiger partial charge in [-0.15, -0.1) is 0 Å². The van der Waals surface area contributed by atoms with Crippen molar-refractivity contribution in [2.24, 2.45) is 0 Å². The molecule has 3 aromatic carbocycles. The highest BCUT2D eigenvalue weighted by Gasteiger charge is 2.34. The molecule has 160 valence electrons. The maximum atomic E-state index is 13.0. The van der Waals surface area contributed by atoms with E-state index in [-0.39, 0.29) is 24.1 Å². The Hall–Kier alpha value is -2.60. The minimum absolute atomic E-state index is 0.0899. The highest BCUT2D eigenvalue weighted by atomic mass is 35.5. The summed E-state index contributed by atoms with van der Waals surface area (Å²) < 4.78 is 19.3. The average molecular weight is 459 g/mol. The predicted molar refractivity (Wildman–Crippen MR) is 120 cm³/mol. The lowest BCUT2D eigenvalue weighted by Crippen LogP contribution is -2.57. The van der Waals surface area contributed by atoms with E-state index in [1.54, 1.807) is 17.0 Å². The molecule has 7 heteroatoms. The number of rotatable bonds is 6. The van der Waals surface area contributed by atoms with E-state index in [0.29, 0.717) is 29.7 Å². The molecule has 2 amide bonds. The van der Waals surface area contributed by atoms with Crippen LogP contribution in [0.5, 0.6) is 0 Å². The van der Waals surface area contributed by atoms with Crippen LogP contribution < -0.4 is 5.32 Å². The van der Waals surface area contributed by atoms with E-state index in [9.17, 15) is 9.18 Å². The zero-order valence-corrected chi connectivity index (χ0v) is 18.1. The van der Waals surface area contributed by atoms with Crippen LogP contribution in [-0.4, -0.2) is 30.1 Å². The topological polar surface area (TPSA) is 41.6 Å². The molecule has 0 aliphatic carbocycles. The number of hydrogen-bond acceptors (Lipinski definition) is 2. The van der Waals surface area contributed by atoms with Crippen molar-refractivity contribution in [3.05, 3.63) is 105 Å². The third-order valence-corrected chi connectivity index (χ3v) is 5.67. The van der Waals surface area contributed by atoms with Gasteiger partial charge in [0.05, 0.1) is 19.2 Å². The molecule has 31 heavy (non-hydrogen) atoms. The number of likely N-dealkylation sites (tertiary alicyclic amines) is 1. The summed E-state index contributed by atoms with van der Waals surface area (Å²) in [4.78, 5) is 14.1. The van der Waals surface area contributed by atoms with Gasteiger partial charge in [0, 0.05) is 16.6 Å². The second kappa shape index (κ2) is 9.69. The monoisotopic (exact) mass is 458 g/mol. The number of nitrogens with one attached hydrogen (secondary N) is 1. The number of halogens is 3. The van der Waals surface area contributed by atoms with Crippen LogP contribution in [-0.2, 0) is 11.3 Å². The fraction of sp³-hybridized carbons (Fsp3) is 0.208. The van der Waals surface area contributed by atoms with Gasteiger partial charge < -0.3 is 15.0 Å². The maximum absolute atomic E-state index is 13.0. The molecule has 0 radical (unpaired) electrons. The molecule has 3 aromatic rings. The molecular weight excluding hydrogens is 438 g/mol. The second-order valence-corrected chi connectivity index (χ2v) is 8.30. The van der Waals surface area contributed by atoms with E-state index in [1.807, 2.05) is 48.5 Å². The Kier molecular flexibility index (Phi) is 6.76. The van der Waals surface area contributed by atoms with E-state index >= 15 is 0 Å². The fourth-order valence-electron chi connectivity index (χ4n) is 3.40. The molecule has 0 saturated carbocycles. The predicted octanol–water partition coefficient (Wildman–Crippen LogP) is 5.83. The molecule has 1 aliphatic rings. The summed E-state index contributed by atoms with van der Waals surface area (Å²) in [5.74, 6) is -0.297. The summed E-state index contributed by atoms with van der Waals surface area (Å²) in [5.41, 5.74) is 2.80. The summed E-state index contributed by atoms with van der Waals surface area (Å²) in [6.07, 6.45) is -0.378. The summed E-state index contributed by atoms with van der Waals surface area (Å²) in [7, 11) is 0. The first-order valence-electron chi connectivity index (χ1n) is 9.91. The number of urea groups is 1. The Labute approximate surface area is 190 Å². The third kappa shape index (κ3) is 5.56. The van der Waals surface area contributed by atoms with Gasteiger partial charge in [-0.05, 0) is 53.1 Å². The van der Waals surface area contributed by atoms with Crippen LogP contribution in [0, 0.1) is 5.82 Å². The first-order chi connectivity index (χ1) is 15.0. The van der Waals surface area contributed by atoms with Gasteiger partial charge in [0.25, 0.3) is 0 Å². The lowest BCUT2D eigenvalue weighted by molar-refractivity contribution is -0.0645. The standard InChI is InChI=1S/C24H21Cl2FN2O2/c25-19-7-3-17(4-8-19)23(18-5-9-20(26)10-6-18)31-22-14-29(15-22)24(30)28-13-16-1-11-21(27)12-2-16/h1-12,22-23H,13-15H2,(H,28,30). The fourth-order valence-corrected chi connectivity index (χ4v) is 3.65. The normalized spacial score (nSPS) is 13.9. The maximum Gasteiger partial charge on any atom is 0.317 e. The van der Waals surface area contributed by atoms with Crippen LogP contribution in [0.15, 0.2) is 72.8 Å². The van der Waals surface area contributed by atoms with Gasteiger partial charge in [0.15, 0.2) is 0 Å². The number of benzene rings is 3. The largest absolute Gasteiger partial charge is 0.362 e. The zero-order chi connectivity index (χ0) is 21.8. The van der Waals surface area contributed by atoms with Crippen LogP contribution >= 0.6 is 23.2 Å². The summed E-state index contributed by atoms with van der Waals surface area (Å²) in [5, 5.41) is 4.17. The van der Waals surface area contributed by atoms with Crippen LogP contribution in [0.25, 0.3) is 0 Å². The molecule has 0 aromatic heterocycles. The molecule has 1 heterocycles. The van der Waals surface area contributed by atoms with Crippen molar-refractivity contribution < 1.29 is 13.9 Å². The van der Waals surface area contributed by atoms with E-state index in [1.165, 1.54) is 12.1 Å². The molecule has 1 fully saturated rings. The highest BCUT2D eigenvalue weighted by Crippen LogP contribution is 2.31. The Balaban J connectivity index is 1.35. The van der Waals surface area contributed by atoms with Crippen molar-refractivity contribution in [2.45, 2.75) is 18.8 Å². The number of amides is 2. The number of carbonyl (C=O) groups is 1. The molecule has 0 atom stereocenters. The molecule has 4 rings (SSSR count). The second-order valence-electron chi connectivity index (χ2n) is 7.43. The third-order valence-electron chi connectivity index (χ3n) is 5.17. The number of hydrogen-bond donors (Lipinski definition) is 1. The Morgan fingerprint density at radius 1 is 0.935 bits per heavy atom. The van der Waals surface area contributed by atoms with Gasteiger partial charge in [-0.1, -0.05) is 59.6 Å². The average Bonchev–Trinajstić information content (AvgIpc) is 2.74. The molecule has 1 N–H and O–H groups in total. The van der Waals surface area contributed by atoms with Crippen LogP contribution in [0.3, 0.4) is 0 Å². The minimum atomic E-state index is -0.297. The zero-order valence-electron chi connectivity index (χ0n) is 16.6. The first-order valence-corrected chi connectivity index (χ1v) is 10.7. The van der Waals surface area contributed by atoms with Crippen molar-refractivity contribution in [3.8, 4) is 0 Å². The first kappa shape index (κ1) is 21.6. The summed E-state index contributed by atoms with van der Waals surface area (Å²) >= 11 is 12.1. The number of nitrogens with zero attached hydrogens (tertiary/aromatic N) is 1. The molecule has 4 nitrogen and oxygen atoms in total. The Morgan fingerprint density at radius 2 is 1.45 bits per heavy atom. The molecule has 1 saturated heterocycles. The Bertz CT molecular complexity index is 975. The smallest absolute Gasteiger partial charge is 0.317 e. The molecule has 0 spiro atoms. The van der Waals surface area contributed by atoms with Crippen molar-refractivity contribution in [1.82, 2.24) is 10.2 Å². The van der Waals surface area contributed by atoms with Gasteiger partial charge in [-0.25, -0.2) is 9.18 Å². The molecular formula is C24H21Cl2FN2O2. The van der Waals surface area contributed by atoms with Crippen LogP contribution in [0.2, 0.25) is 10.0 Å². The lowest BCUT2D eigenvalue weighted by atomic mass is 10.0. The molecule has 0 bridgehead atoms. The van der Waals surface area contributed by atoms with E-state index < -0.39 is 0 Å². The number of carbonyl (C=O) groups excluding carboxylic acids is 1. The SMILES string of the molecule is O=C(NCc1ccc(F)cc1)N1CC(OC(c2ccc(Cl)cc2)c2ccc(Cl)cc2)C1. The van der Waals surface area contributed by atoms with Gasteiger partial charge in [-0.2, -0.15) is 0 Å². The van der Waals surface area contributed by atoms with Gasteiger partial charge in [0.2, 0.25) is 0 Å². The summed E-state index contributed by atoms with van der Waals surface area (Å²) in [6, 6.07) is 21.0. The quantitative estimate of drug-likeness (QED) is 0.504. The van der Waals surface area contributed by atoms with E-state index in [4.69, 9.17) is 27.9 Å². The van der Waals surface area contributed by atoms with E-state index in [0.717, 1.165) is 16.7 Å².